The van der Waals surface area contributed by atoms with Crippen molar-refractivity contribution in [3.8, 4) is 0 Å². The quantitative estimate of drug-likeness (QED) is 0.0261. The summed E-state index contributed by atoms with van der Waals surface area (Å²) in [5.74, 6) is -0.881. The molecule has 0 fully saturated rings. The molecule has 0 rings (SSSR count). The van der Waals surface area contributed by atoms with Crippen molar-refractivity contribution in [2.24, 2.45) is 0 Å². The Hall–Kier alpha value is -2.89. The van der Waals surface area contributed by atoms with Gasteiger partial charge >= 0.3 is 17.9 Å². The molecule has 406 valence electrons. The highest BCUT2D eigenvalue weighted by Gasteiger charge is 2.19. The van der Waals surface area contributed by atoms with Crippen molar-refractivity contribution in [2.75, 3.05) is 13.2 Å². The van der Waals surface area contributed by atoms with Crippen molar-refractivity contribution in [3.05, 3.63) is 60.8 Å². The minimum atomic E-state index is -0.780. The smallest absolute Gasteiger partial charge is 0.306 e. The third kappa shape index (κ3) is 56.0. The summed E-state index contributed by atoms with van der Waals surface area (Å²) in [5, 5.41) is 0. The Morgan fingerprint density at radius 3 is 0.829 bits per heavy atom. The fourth-order valence-corrected chi connectivity index (χ4v) is 8.66. The molecule has 0 aliphatic carbocycles. The second-order valence-electron chi connectivity index (χ2n) is 20.3. The Morgan fingerprint density at radius 2 is 0.514 bits per heavy atom. The molecule has 1 unspecified atom stereocenters. The Bertz CT molecular complexity index is 1260. The van der Waals surface area contributed by atoms with Gasteiger partial charge in [-0.3, -0.25) is 14.4 Å². The third-order valence-corrected chi connectivity index (χ3v) is 13.2. The molecule has 0 aromatic carbocycles. The number of allylic oxidation sites excluding steroid dienone is 10. The van der Waals surface area contributed by atoms with Crippen LogP contribution in [0.1, 0.15) is 310 Å². The largest absolute Gasteiger partial charge is 0.462 e. The van der Waals surface area contributed by atoms with Crippen LogP contribution in [0, 0.1) is 0 Å². The van der Waals surface area contributed by atoms with Crippen molar-refractivity contribution in [2.45, 2.75) is 316 Å². The van der Waals surface area contributed by atoms with Crippen LogP contribution in [0.2, 0.25) is 0 Å². The van der Waals surface area contributed by atoms with Crippen molar-refractivity contribution < 1.29 is 28.6 Å². The summed E-state index contributed by atoms with van der Waals surface area (Å²) in [6, 6.07) is 0. The van der Waals surface area contributed by atoms with Gasteiger partial charge in [-0.25, -0.2) is 0 Å². The van der Waals surface area contributed by atoms with Crippen LogP contribution in [0.5, 0.6) is 0 Å². The molecule has 0 saturated heterocycles. The monoisotopic (exact) mass is 979 g/mol. The summed E-state index contributed by atoms with van der Waals surface area (Å²) in [5.41, 5.74) is 0. The first kappa shape index (κ1) is 67.1. The Morgan fingerprint density at radius 1 is 0.286 bits per heavy atom. The van der Waals surface area contributed by atoms with E-state index < -0.39 is 6.10 Å². The van der Waals surface area contributed by atoms with E-state index >= 15 is 0 Å². The van der Waals surface area contributed by atoms with E-state index in [2.05, 4.69) is 81.5 Å². The summed E-state index contributed by atoms with van der Waals surface area (Å²) >= 11 is 0. The number of hydrogen-bond donors (Lipinski definition) is 0. The van der Waals surface area contributed by atoms with Crippen molar-refractivity contribution in [3.63, 3.8) is 0 Å². The number of carbonyl (C=O) groups excluding carboxylic acids is 3. The third-order valence-electron chi connectivity index (χ3n) is 13.2. The van der Waals surface area contributed by atoms with E-state index in [4.69, 9.17) is 14.2 Å². The van der Waals surface area contributed by atoms with Gasteiger partial charge in [-0.05, 0) is 89.9 Å². The lowest BCUT2D eigenvalue weighted by molar-refractivity contribution is -0.167. The second-order valence-corrected chi connectivity index (χ2v) is 20.3. The lowest BCUT2D eigenvalue weighted by Gasteiger charge is -2.18. The summed E-state index contributed by atoms with van der Waals surface area (Å²) in [4.78, 5) is 38.1. The number of ether oxygens (including phenoxy) is 3. The minimum absolute atomic E-state index is 0.0777. The van der Waals surface area contributed by atoms with Crippen LogP contribution >= 0.6 is 0 Å². The first-order valence-electron chi connectivity index (χ1n) is 30.3. The lowest BCUT2D eigenvalue weighted by atomic mass is 10.0. The summed E-state index contributed by atoms with van der Waals surface area (Å²) in [7, 11) is 0. The zero-order valence-electron chi connectivity index (χ0n) is 46.5. The van der Waals surface area contributed by atoms with Gasteiger partial charge < -0.3 is 14.2 Å². The predicted octanol–water partition coefficient (Wildman–Crippen LogP) is 20.4. The number of hydrogen-bond acceptors (Lipinski definition) is 6. The van der Waals surface area contributed by atoms with E-state index in [1.54, 1.807) is 0 Å². The zero-order chi connectivity index (χ0) is 50.7. The van der Waals surface area contributed by atoms with Gasteiger partial charge in [-0.15, -0.1) is 0 Å². The van der Waals surface area contributed by atoms with Crippen LogP contribution in [-0.2, 0) is 28.6 Å². The molecule has 0 saturated carbocycles. The molecule has 6 heteroatoms. The van der Waals surface area contributed by atoms with Gasteiger partial charge in [-0.1, -0.05) is 261 Å². The average Bonchev–Trinajstić information content (AvgIpc) is 3.36. The lowest BCUT2D eigenvalue weighted by Crippen LogP contribution is -2.30. The molecule has 1 atom stereocenters. The van der Waals surface area contributed by atoms with E-state index in [9.17, 15) is 14.4 Å². The molecule has 0 bridgehead atoms. The average molecular weight is 980 g/mol. The van der Waals surface area contributed by atoms with Crippen LogP contribution in [0.25, 0.3) is 0 Å². The first-order chi connectivity index (χ1) is 34.5. The predicted molar refractivity (Wildman–Crippen MR) is 302 cm³/mol. The topological polar surface area (TPSA) is 78.9 Å². The minimum Gasteiger partial charge on any atom is -0.462 e. The normalized spacial score (nSPS) is 12.4. The van der Waals surface area contributed by atoms with Crippen LogP contribution in [0.4, 0.5) is 0 Å². The fraction of sp³-hybridized carbons (Fsp3) is 0.797. The molecule has 0 aliphatic heterocycles. The molecule has 0 radical (unpaired) electrons. The highest BCUT2D eigenvalue weighted by molar-refractivity contribution is 5.71. The summed E-state index contributed by atoms with van der Waals surface area (Å²) in [6.45, 7) is 6.61. The van der Waals surface area contributed by atoms with Crippen LogP contribution in [0.15, 0.2) is 60.8 Å². The first-order valence-corrected chi connectivity index (χ1v) is 30.3. The second kappa shape index (κ2) is 58.7. The molecule has 0 aromatic heterocycles. The maximum atomic E-state index is 12.9. The highest BCUT2D eigenvalue weighted by Crippen LogP contribution is 2.16. The number of unbranched alkanes of at least 4 members (excludes halogenated alkanes) is 34. The SMILES string of the molecule is CCCCC/C=C\C/C=C\C/C=C\CCCCCCCCC(=O)OC(COC(=O)CCCCCCCCCCCC)COC(=O)CCCCCCCCCCCCC/C=C\C/C=C\CCCCCCC. The molecule has 0 heterocycles. The van der Waals surface area contributed by atoms with Crippen molar-refractivity contribution in [1.29, 1.82) is 0 Å². The van der Waals surface area contributed by atoms with Gasteiger partial charge in [0.15, 0.2) is 6.10 Å². The van der Waals surface area contributed by atoms with Gasteiger partial charge in [0.25, 0.3) is 0 Å². The Kier molecular flexibility index (Phi) is 56.3. The standard InChI is InChI=1S/C64H114O6/c1-4-7-10-13-16-19-22-24-26-28-30-31-32-33-35-36-38-40-42-45-48-51-54-57-63(66)69-60-61(59-68-62(65)56-53-50-47-44-21-18-15-12-9-6-3)70-64(67)58-55-52-49-46-43-41-39-37-34-29-27-25-23-20-17-14-11-8-5-2/h17,20,22,24-25,27-28,30,34,37,61H,4-16,18-19,21,23,26,29,31-33,35-36,38-60H2,1-3H3/b20-17-,24-22-,27-25-,30-28-,37-34-. The Balaban J connectivity index is 4.28. The summed E-state index contributed by atoms with van der Waals surface area (Å²) in [6.07, 6.45) is 73.6. The Labute approximate surface area is 434 Å². The van der Waals surface area contributed by atoms with E-state index in [0.717, 1.165) is 89.9 Å². The van der Waals surface area contributed by atoms with Gasteiger partial charge in [-0.2, -0.15) is 0 Å². The van der Waals surface area contributed by atoms with Gasteiger partial charge in [0.1, 0.15) is 13.2 Å². The highest BCUT2D eigenvalue weighted by atomic mass is 16.6. The molecule has 70 heavy (non-hydrogen) atoms. The molecule has 0 N–H and O–H groups in total. The number of carbonyl (C=O) groups is 3. The zero-order valence-corrected chi connectivity index (χ0v) is 46.5. The number of rotatable bonds is 55. The summed E-state index contributed by atoms with van der Waals surface area (Å²) < 4.78 is 16.9. The van der Waals surface area contributed by atoms with Crippen LogP contribution in [-0.4, -0.2) is 37.2 Å². The van der Waals surface area contributed by atoms with E-state index in [-0.39, 0.29) is 31.1 Å². The van der Waals surface area contributed by atoms with Crippen LogP contribution < -0.4 is 0 Å². The molecule has 0 aromatic rings. The van der Waals surface area contributed by atoms with Crippen molar-refractivity contribution >= 4 is 17.9 Å². The molecular weight excluding hydrogens is 865 g/mol. The number of esters is 3. The van der Waals surface area contributed by atoms with Crippen molar-refractivity contribution in [1.82, 2.24) is 0 Å². The molecule has 0 amide bonds. The maximum absolute atomic E-state index is 12.9. The molecule has 0 aliphatic rings. The van der Waals surface area contributed by atoms with Gasteiger partial charge in [0.2, 0.25) is 0 Å². The van der Waals surface area contributed by atoms with Crippen LogP contribution in [0.3, 0.4) is 0 Å². The molecule has 0 spiro atoms. The van der Waals surface area contributed by atoms with Gasteiger partial charge in [0.05, 0.1) is 0 Å². The fourth-order valence-electron chi connectivity index (χ4n) is 8.66. The van der Waals surface area contributed by atoms with E-state index in [1.165, 1.54) is 180 Å². The molecular formula is C64H114O6. The molecule has 6 nitrogen and oxygen atoms in total. The van der Waals surface area contributed by atoms with Gasteiger partial charge in [0, 0.05) is 19.3 Å². The van der Waals surface area contributed by atoms with E-state index in [0.29, 0.717) is 19.3 Å². The van der Waals surface area contributed by atoms with E-state index in [1.807, 2.05) is 0 Å². The maximum Gasteiger partial charge on any atom is 0.306 e.